The predicted octanol–water partition coefficient (Wildman–Crippen LogP) is 3.38. The molecule has 3 aromatic carbocycles. The molecule has 5 rings (SSSR count). The van der Waals surface area contributed by atoms with Crippen molar-refractivity contribution in [3.05, 3.63) is 83.4 Å². The van der Waals surface area contributed by atoms with Gasteiger partial charge in [-0.25, -0.2) is 14.8 Å². The summed E-state index contributed by atoms with van der Waals surface area (Å²) in [7, 11) is 2.90. The zero-order valence-electron chi connectivity index (χ0n) is 27.0. The minimum absolute atomic E-state index is 0.00907. The molecule has 0 radical (unpaired) electrons. The second-order valence-electron chi connectivity index (χ2n) is 11.8. The molecule has 12 nitrogen and oxygen atoms in total. The number of hydrazine groups is 1. The molecular weight excluding hydrogens is 604 g/mol. The number of nitrogens with zero attached hydrogens (tertiary/aromatic N) is 4. The molecule has 47 heavy (non-hydrogen) atoms. The highest BCUT2D eigenvalue weighted by Crippen LogP contribution is 2.31. The molecule has 2 saturated heterocycles. The topological polar surface area (TPSA) is 135 Å². The molecule has 3 amide bonds. The number of methoxy groups -OCH3 is 2. The summed E-state index contributed by atoms with van der Waals surface area (Å²) in [5.74, 6) is 0.146. The maximum atomic E-state index is 14.7. The molecule has 3 aromatic rings. The summed E-state index contributed by atoms with van der Waals surface area (Å²) in [6, 6.07) is 18.1. The Kier molecular flexibility index (Phi) is 11.4. The smallest absolute Gasteiger partial charge is 0.339 e. The van der Waals surface area contributed by atoms with Crippen LogP contribution in [0.15, 0.2) is 66.7 Å². The molecule has 0 aliphatic carbocycles. The van der Waals surface area contributed by atoms with Crippen LogP contribution in [0.2, 0.25) is 0 Å². The second kappa shape index (κ2) is 15.9. The lowest BCUT2D eigenvalue weighted by Gasteiger charge is -2.36. The van der Waals surface area contributed by atoms with Crippen molar-refractivity contribution in [1.82, 2.24) is 19.8 Å². The van der Waals surface area contributed by atoms with Gasteiger partial charge in [0.15, 0.2) is 23.0 Å². The van der Waals surface area contributed by atoms with Crippen LogP contribution in [-0.2, 0) is 29.0 Å². The van der Waals surface area contributed by atoms with Gasteiger partial charge in [0.1, 0.15) is 0 Å². The van der Waals surface area contributed by atoms with Crippen LogP contribution in [0, 0.1) is 0 Å². The number of morpholine rings is 1. The quantitative estimate of drug-likeness (QED) is 0.270. The Balaban J connectivity index is 1.49. The minimum atomic E-state index is -1.08. The van der Waals surface area contributed by atoms with Crippen LogP contribution < -0.4 is 9.47 Å². The molecule has 0 spiro atoms. The van der Waals surface area contributed by atoms with Crippen molar-refractivity contribution >= 4 is 11.9 Å². The minimum Gasteiger partial charge on any atom is -0.504 e. The van der Waals surface area contributed by atoms with Crippen LogP contribution in [0.3, 0.4) is 0 Å². The third-order valence-corrected chi connectivity index (χ3v) is 8.68. The number of hydrogen-bond acceptors (Lipinski definition) is 9. The van der Waals surface area contributed by atoms with E-state index < -0.39 is 18.2 Å². The summed E-state index contributed by atoms with van der Waals surface area (Å²) in [6.07, 6.45) is 0.0415. The molecule has 2 aliphatic heterocycles. The zero-order valence-corrected chi connectivity index (χ0v) is 27.0. The molecule has 0 bridgehead atoms. The number of aromatic hydroxyl groups is 2. The fraction of sp³-hybridized carbons (Fsp3) is 0.429. The summed E-state index contributed by atoms with van der Waals surface area (Å²) >= 11 is 0. The summed E-state index contributed by atoms with van der Waals surface area (Å²) < 4.78 is 16.1. The molecule has 2 atom stereocenters. The Morgan fingerprint density at radius 2 is 1.49 bits per heavy atom. The van der Waals surface area contributed by atoms with Crippen LogP contribution in [0.5, 0.6) is 23.0 Å². The van der Waals surface area contributed by atoms with Gasteiger partial charge in [0.25, 0.3) is 0 Å². The number of aliphatic hydroxyl groups excluding tert-OH is 1. The van der Waals surface area contributed by atoms with Gasteiger partial charge in [0.2, 0.25) is 5.91 Å². The number of amides is 3. The van der Waals surface area contributed by atoms with E-state index in [1.807, 2.05) is 30.3 Å². The third-order valence-electron chi connectivity index (χ3n) is 8.68. The van der Waals surface area contributed by atoms with Crippen LogP contribution in [0.1, 0.15) is 29.5 Å². The Labute approximate surface area is 275 Å². The molecule has 0 saturated carbocycles. The van der Waals surface area contributed by atoms with Crippen molar-refractivity contribution in [2.45, 2.75) is 44.5 Å². The van der Waals surface area contributed by atoms with E-state index in [1.165, 1.54) is 36.4 Å². The lowest BCUT2D eigenvalue weighted by molar-refractivity contribution is -0.147. The Bertz CT molecular complexity index is 1500. The SMILES string of the molecule is COc1cc(CN2C(=O)N(Cc3ccc(O)c(OC)c3)N(C(=O)CCCN3CCOCC3)C[C@@H](O)[C@H]2Cc2ccccc2)ccc1O. The number of benzene rings is 3. The summed E-state index contributed by atoms with van der Waals surface area (Å²) in [5.41, 5.74) is 2.23. The second-order valence-corrected chi connectivity index (χ2v) is 11.8. The molecule has 3 N–H and O–H groups in total. The van der Waals surface area contributed by atoms with Crippen LogP contribution in [0.25, 0.3) is 0 Å². The zero-order chi connectivity index (χ0) is 33.3. The van der Waals surface area contributed by atoms with Gasteiger partial charge in [-0.1, -0.05) is 42.5 Å². The highest BCUT2D eigenvalue weighted by Gasteiger charge is 2.42. The molecule has 0 aromatic heterocycles. The van der Waals surface area contributed by atoms with Crippen LogP contribution >= 0.6 is 0 Å². The van der Waals surface area contributed by atoms with Gasteiger partial charge in [-0.05, 0) is 60.3 Å². The molecule has 2 fully saturated rings. The Hall–Kier alpha value is -4.52. The van der Waals surface area contributed by atoms with Crippen LogP contribution in [-0.4, -0.2) is 113 Å². The number of phenolic OH excluding ortho intramolecular Hbond substituents is 2. The standard InChI is InChI=1S/C35H44N4O8/c1-45-32-20-26(10-12-29(32)40)22-37-28(19-25-7-4-3-5-8-25)31(42)24-38(34(43)9-6-14-36-15-17-47-18-16-36)39(35(37)44)23-27-11-13-30(41)33(21-27)46-2/h3-5,7-8,10-13,20-21,28,31,40-42H,6,9,14-19,22-24H2,1-2H3/t28-,31-/m1/s1. The highest BCUT2D eigenvalue weighted by atomic mass is 16.5. The van der Waals surface area contributed by atoms with E-state index in [9.17, 15) is 24.9 Å². The van der Waals surface area contributed by atoms with E-state index in [-0.39, 0.29) is 55.0 Å². The number of β-amino-alcohol motifs (C(OH)–C–C–N with tert-alkyl or cyclic N) is 1. The van der Waals surface area contributed by atoms with Gasteiger partial charge < -0.3 is 34.4 Å². The number of aliphatic hydroxyl groups is 1. The number of ether oxygens (including phenoxy) is 3. The molecule has 0 unspecified atom stereocenters. The van der Waals surface area contributed by atoms with Gasteiger partial charge in [-0.3, -0.25) is 9.69 Å². The van der Waals surface area contributed by atoms with Crippen molar-refractivity contribution in [3.8, 4) is 23.0 Å². The summed E-state index contributed by atoms with van der Waals surface area (Å²) in [4.78, 5) is 32.5. The predicted molar refractivity (Wildman–Crippen MR) is 174 cm³/mol. The normalized spacial score (nSPS) is 19.0. The van der Waals surface area contributed by atoms with E-state index in [0.29, 0.717) is 37.2 Å². The van der Waals surface area contributed by atoms with Crippen molar-refractivity contribution in [1.29, 1.82) is 0 Å². The fourth-order valence-electron chi connectivity index (χ4n) is 6.09. The van der Waals surface area contributed by atoms with E-state index in [2.05, 4.69) is 4.90 Å². The van der Waals surface area contributed by atoms with Gasteiger partial charge >= 0.3 is 6.03 Å². The Morgan fingerprint density at radius 1 is 0.872 bits per heavy atom. The first-order chi connectivity index (χ1) is 22.8. The molecular formula is C35H44N4O8. The van der Waals surface area contributed by atoms with E-state index in [1.54, 1.807) is 29.2 Å². The molecule has 2 heterocycles. The fourth-order valence-corrected chi connectivity index (χ4v) is 6.09. The molecule has 252 valence electrons. The monoisotopic (exact) mass is 648 g/mol. The molecule has 12 heteroatoms. The Morgan fingerprint density at radius 3 is 2.11 bits per heavy atom. The number of carbonyl (C=O) groups is 2. The first kappa shape index (κ1) is 33.8. The first-order valence-corrected chi connectivity index (χ1v) is 15.9. The number of hydrogen-bond donors (Lipinski definition) is 3. The van der Waals surface area contributed by atoms with Gasteiger partial charge in [0, 0.05) is 26.1 Å². The maximum absolute atomic E-state index is 14.7. The van der Waals surface area contributed by atoms with E-state index in [0.717, 1.165) is 25.2 Å². The van der Waals surface area contributed by atoms with Crippen LogP contribution in [0.4, 0.5) is 4.79 Å². The average molecular weight is 649 g/mol. The van der Waals surface area contributed by atoms with Gasteiger partial charge in [0.05, 0.1) is 52.7 Å². The van der Waals surface area contributed by atoms with Gasteiger partial charge in [-0.2, -0.15) is 0 Å². The molecule has 2 aliphatic rings. The first-order valence-electron chi connectivity index (χ1n) is 15.9. The number of urea groups is 1. The van der Waals surface area contributed by atoms with Gasteiger partial charge in [-0.15, -0.1) is 0 Å². The average Bonchev–Trinajstić information content (AvgIpc) is 3.17. The maximum Gasteiger partial charge on any atom is 0.339 e. The van der Waals surface area contributed by atoms with E-state index >= 15 is 0 Å². The van der Waals surface area contributed by atoms with Crippen molar-refractivity contribution in [2.24, 2.45) is 0 Å². The largest absolute Gasteiger partial charge is 0.504 e. The highest BCUT2D eigenvalue weighted by molar-refractivity contribution is 5.82. The van der Waals surface area contributed by atoms with Crippen molar-refractivity contribution in [3.63, 3.8) is 0 Å². The summed E-state index contributed by atoms with van der Waals surface area (Å²) in [5, 5.41) is 35.0. The van der Waals surface area contributed by atoms with E-state index in [4.69, 9.17) is 14.2 Å². The van der Waals surface area contributed by atoms with Crippen molar-refractivity contribution in [2.75, 3.05) is 53.6 Å². The van der Waals surface area contributed by atoms with Crippen molar-refractivity contribution < 1.29 is 39.1 Å². The number of phenols is 2. The lowest BCUT2D eigenvalue weighted by atomic mass is 9.99. The lowest BCUT2D eigenvalue weighted by Crippen LogP contribution is -2.52. The summed E-state index contributed by atoms with van der Waals surface area (Å²) in [6.45, 7) is 3.64. The third kappa shape index (κ3) is 8.45. The number of rotatable bonds is 12. The number of carbonyl (C=O) groups excluding carboxylic acids is 2.